The Morgan fingerprint density at radius 3 is 2.16 bits per heavy atom. The van der Waals surface area contributed by atoms with Crippen LogP contribution in [0, 0.1) is 11.7 Å². The van der Waals surface area contributed by atoms with Crippen molar-refractivity contribution >= 4 is 10.8 Å². The minimum absolute atomic E-state index is 0.0653. The fourth-order valence-electron chi connectivity index (χ4n) is 6.20. The third kappa shape index (κ3) is 7.33. The first-order chi connectivity index (χ1) is 18.1. The van der Waals surface area contributed by atoms with E-state index in [0.29, 0.717) is 22.6 Å². The molecule has 1 saturated carbocycles. The van der Waals surface area contributed by atoms with E-state index in [1.54, 1.807) is 0 Å². The molecule has 2 nitrogen and oxygen atoms in total. The summed E-state index contributed by atoms with van der Waals surface area (Å²) < 4.78 is 21.1. The lowest BCUT2D eigenvalue weighted by molar-refractivity contribution is 0.308. The summed E-state index contributed by atoms with van der Waals surface area (Å²) in [5, 5.41) is 0.697. The Morgan fingerprint density at radius 2 is 1.49 bits per heavy atom. The van der Waals surface area contributed by atoms with Gasteiger partial charge < -0.3 is 4.42 Å². The molecule has 1 aliphatic rings. The van der Waals surface area contributed by atoms with Crippen LogP contribution in [0.4, 0.5) is 4.39 Å². The van der Waals surface area contributed by atoms with Crippen molar-refractivity contribution in [2.75, 3.05) is 0 Å². The molecule has 0 amide bonds. The predicted molar refractivity (Wildman–Crippen MR) is 154 cm³/mol. The van der Waals surface area contributed by atoms with E-state index < -0.39 is 11.4 Å². The maximum absolute atomic E-state index is 15.5. The zero-order valence-electron chi connectivity index (χ0n) is 23.0. The van der Waals surface area contributed by atoms with E-state index in [1.165, 1.54) is 82.6 Å². The van der Waals surface area contributed by atoms with Crippen molar-refractivity contribution in [3.05, 3.63) is 70.0 Å². The fraction of sp³-hybridized carbons (Fsp3) is 0.559. The van der Waals surface area contributed by atoms with Gasteiger partial charge in [-0.1, -0.05) is 108 Å². The van der Waals surface area contributed by atoms with E-state index >= 15 is 4.39 Å². The van der Waals surface area contributed by atoms with E-state index in [4.69, 9.17) is 4.42 Å². The molecule has 0 atom stereocenters. The third-order valence-corrected chi connectivity index (χ3v) is 8.43. The van der Waals surface area contributed by atoms with Gasteiger partial charge in [0.2, 0.25) is 0 Å². The zero-order valence-corrected chi connectivity index (χ0v) is 23.0. The molecule has 200 valence electrons. The van der Waals surface area contributed by atoms with Crippen LogP contribution in [0.25, 0.3) is 21.9 Å². The van der Waals surface area contributed by atoms with Crippen molar-refractivity contribution in [3.8, 4) is 11.1 Å². The van der Waals surface area contributed by atoms with Gasteiger partial charge in [-0.05, 0) is 66.5 Å². The number of unbranched alkanes of at least 4 members (excludes halogenated alkanes) is 7. The number of hydrogen-bond acceptors (Lipinski definition) is 2. The number of halogens is 1. The zero-order chi connectivity index (χ0) is 26.0. The van der Waals surface area contributed by atoms with Crippen LogP contribution in [-0.2, 0) is 6.42 Å². The second-order valence-electron chi connectivity index (χ2n) is 11.2. The molecule has 0 radical (unpaired) electrons. The lowest BCUT2D eigenvalue weighted by Crippen LogP contribution is -2.13. The van der Waals surface area contributed by atoms with Gasteiger partial charge in [-0.15, -0.1) is 0 Å². The van der Waals surface area contributed by atoms with Crippen molar-refractivity contribution < 1.29 is 8.81 Å². The summed E-state index contributed by atoms with van der Waals surface area (Å²) in [6, 6.07) is 13.8. The van der Waals surface area contributed by atoms with Crippen LogP contribution >= 0.6 is 0 Å². The van der Waals surface area contributed by atoms with Crippen LogP contribution in [0.15, 0.2) is 51.7 Å². The average Bonchev–Trinajstić information content (AvgIpc) is 2.91. The van der Waals surface area contributed by atoms with Gasteiger partial charge in [0.05, 0.1) is 0 Å². The molecule has 0 bridgehead atoms. The van der Waals surface area contributed by atoms with E-state index in [2.05, 4.69) is 26.0 Å². The topological polar surface area (TPSA) is 30.2 Å². The Balaban J connectivity index is 1.39. The Kier molecular flexibility index (Phi) is 10.4. The molecule has 0 aliphatic heterocycles. The molecule has 0 N–H and O–H groups in total. The van der Waals surface area contributed by atoms with Crippen LogP contribution in [0.3, 0.4) is 0 Å². The monoisotopic (exact) mass is 504 g/mol. The second-order valence-corrected chi connectivity index (χ2v) is 11.2. The molecule has 1 fully saturated rings. The van der Waals surface area contributed by atoms with Crippen LogP contribution in [-0.4, -0.2) is 0 Å². The molecule has 3 aromatic rings. The summed E-state index contributed by atoms with van der Waals surface area (Å²) in [6.45, 7) is 4.51. The summed E-state index contributed by atoms with van der Waals surface area (Å²) in [5.74, 6) is 1.68. The maximum Gasteiger partial charge on any atom is 0.346 e. The molecule has 0 saturated heterocycles. The van der Waals surface area contributed by atoms with Crippen LogP contribution < -0.4 is 5.63 Å². The Hall–Kier alpha value is -2.42. The highest BCUT2D eigenvalue weighted by atomic mass is 19.1. The van der Waals surface area contributed by atoms with Gasteiger partial charge in [-0.25, -0.2) is 9.18 Å². The van der Waals surface area contributed by atoms with Crippen molar-refractivity contribution in [2.24, 2.45) is 5.92 Å². The maximum atomic E-state index is 15.5. The largest absolute Gasteiger partial charge is 0.427 e. The van der Waals surface area contributed by atoms with Gasteiger partial charge >= 0.3 is 5.63 Å². The summed E-state index contributed by atoms with van der Waals surface area (Å²) in [4.78, 5) is 12.8. The van der Waals surface area contributed by atoms with Gasteiger partial charge in [0, 0.05) is 12.0 Å². The van der Waals surface area contributed by atoms with E-state index in [0.717, 1.165) is 30.7 Å². The van der Waals surface area contributed by atoms with Crippen molar-refractivity contribution in [3.63, 3.8) is 0 Å². The molecule has 4 rings (SSSR count). The smallest absolute Gasteiger partial charge is 0.346 e. The molecule has 2 aromatic carbocycles. The molecule has 3 heteroatoms. The fourth-order valence-corrected chi connectivity index (χ4v) is 6.20. The van der Waals surface area contributed by atoms with Crippen molar-refractivity contribution in [1.82, 2.24) is 0 Å². The first kappa shape index (κ1) is 27.6. The molecule has 37 heavy (non-hydrogen) atoms. The standard InChI is InChI=1S/C34H45FO2/c1-3-5-6-7-8-9-10-11-13-30-24-29-22-23-31(33(35)32(29)34(36)37-30)28-20-18-27(19-21-28)26-16-14-25(12-4-2)15-17-26/h18-26H,3-17H2,1-2H3. The molecule has 1 heterocycles. The first-order valence-corrected chi connectivity index (χ1v) is 15.0. The highest BCUT2D eigenvalue weighted by Gasteiger charge is 2.22. The summed E-state index contributed by atoms with van der Waals surface area (Å²) in [6.07, 6.45) is 18.3. The van der Waals surface area contributed by atoms with Crippen molar-refractivity contribution in [1.29, 1.82) is 0 Å². The highest BCUT2D eigenvalue weighted by Crippen LogP contribution is 2.38. The molecule has 0 spiro atoms. The molecule has 1 aromatic heterocycles. The minimum atomic E-state index is -0.563. The molecular weight excluding hydrogens is 459 g/mol. The summed E-state index contributed by atoms with van der Waals surface area (Å²) in [5.41, 5.74) is 2.07. The number of aryl methyl sites for hydroxylation is 1. The molecule has 0 unspecified atom stereocenters. The number of rotatable bonds is 13. The number of hydrogen-bond donors (Lipinski definition) is 0. The predicted octanol–water partition coefficient (Wildman–Crippen LogP) is 10.4. The van der Waals surface area contributed by atoms with Crippen LogP contribution in [0.5, 0.6) is 0 Å². The van der Waals surface area contributed by atoms with Gasteiger partial charge in [0.1, 0.15) is 17.0 Å². The van der Waals surface area contributed by atoms with Crippen LogP contribution in [0.1, 0.15) is 121 Å². The lowest BCUT2D eigenvalue weighted by Gasteiger charge is -2.28. The quantitative estimate of drug-likeness (QED) is 0.217. The van der Waals surface area contributed by atoms with Gasteiger partial charge in [-0.2, -0.15) is 0 Å². The summed E-state index contributed by atoms with van der Waals surface area (Å²) in [7, 11) is 0. The summed E-state index contributed by atoms with van der Waals surface area (Å²) >= 11 is 0. The second kappa shape index (κ2) is 13.9. The lowest BCUT2D eigenvalue weighted by atomic mass is 9.77. The SMILES string of the molecule is CCCCCCCCCCc1cc2ccc(-c3ccc(C4CCC(CCC)CC4)cc3)c(F)c2c(=O)o1. The Labute approximate surface area is 222 Å². The Morgan fingerprint density at radius 1 is 0.811 bits per heavy atom. The molecular formula is C34H45FO2. The van der Waals surface area contributed by atoms with E-state index in [-0.39, 0.29) is 5.39 Å². The number of benzene rings is 2. The average molecular weight is 505 g/mol. The van der Waals surface area contributed by atoms with Gasteiger partial charge in [0.25, 0.3) is 0 Å². The van der Waals surface area contributed by atoms with Gasteiger partial charge in [-0.3, -0.25) is 0 Å². The first-order valence-electron chi connectivity index (χ1n) is 15.0. The van der Waals surface area contributed by atoms with Gasteiger partial charge in [0.15, 0.2) is 0 Å². The Bertz CT molecular complexity index is 1170. The van der Waals surface area contributed by atoms with Crippen molar-refractivity contribution in [2.45, 2.75) is 116 Å². The normalized spacial score (nSPS) is 17.9. The van der Waals surface area contributed by atoms with E-state index in [1.807, 2.05) is 30.3 Å². The third-order valence-electron chi connectivity index (χ3n) is 8.43. The van der Waals surface area contributed by atoms with E-state index in [9.17, 15) is 4.79 Å². The highest BCUT2D eigenvalue weighted by molar-refractivity contribution is 5.87. The molecule has 1 aliphatic carbocycles. The number of fused-ring (bicyclic) bond motifs is 1. The van der Waals surface area contributed by atoms with Crippen LogP contribution in [0.2, 0.25) is 0 Å². The minimum Gasteiger partial charge on any atom is -0.427 e.